The van der Waals surface area contributed by atoms with Crippen molar-refractivity contribution in [3.05, 3.63) is 53.3 Å². The predicted octanol–water partition coefficient (Wildman–Crippen LogP) is 1.86. The summed E-state index contributed by atoms with van der Waals surface area (Å²) in [5.41, 5.74) is 0.486. The molecule has 4 rings (SSSR count). The van der Waals surface area contributed by atoms with Gasteiger partial charge in [-0.3, -0.25) is 9.59 Å². The molecule has 0 aliphatic carbocycles. The maximum absolute atomic E-state index is 12.7. The van der Waals surface area contributed by atoms with Crippen molar-refractivity contribution in [1.82, 2.24) is 14.8 Å². The van der Waals surface area contributed by atoms with Crippen LogP contribution in [0.25, 0.3) is 0 Å². The molecule has 2 aliphatic heterocycles. The molecule has 0 unspecified atom stereocenters. The van der Waals surface area contributed by atoms with Crippen LogP contribution in [0.5, 0.6) is 11.5 Å². The Balaban J connectivity index is 1.34. The van der Waals surface area contributed by atoms with E-state index in [-0.39, 0.29) is 18.4 Å². The average molecular weight is 388 g/mol. The van der Waals surface area contributed by atoms with Crippen LogP contribution in [0.4, 0.5) is 0 Å². The van der Waals surface area contributed by atoms with E-state index in [1.807, 2.05) is 18.2 Å². The molecule has 140 valence electrons. The van der Waals surface area contributed by atoms with E-state index >= 15 is 0 Å². The van der Waals surface area contributed by atoms with Gasteiger partial charge in [0.05, 0.1) is 5.56 Å². The molecule has 8 heteroatoms. The maximum atomic E-state index is 12.7. The molecule has 7 nitrogen and oxygen atoms in total. The van der Waals surface area contributed by atoms with Crippen molar-refractivity contribution in [2.24, 2.45) is 0 Å². The first-order chi connectivity index (χ1) is 13.1. The van der Waals surface area contributed by atoms with E-state index < -0.39 is 6.10 Å². The summed E-state index contributed by atoms with van der Waals surface area (Å²) in [6, 6.07) is 10.5. The molecule has 1 fully saturated rings. The normalized spacial score (nSPS) is 18.9. The van der Waals surface area contributed by atoms with Gasteiger partial charge in [-0.25, -0.2) is 4.98 Å². The Morgan fingerprint density at radius 1 is 1.00 bits per heavy atom. The summed E-state index contributed by atoms with van der Waals surface area (Å²) in [6.45, 7) is 2.00. The average Bonchev–Trinajstić information content (AvgIpc) is 2.73. The number of halogens is 1. The number of benzene rings is 1. The van der Waals surface area contributed by atoms with E-state index in [2.05, 4.69) is 4.98 Å². The van der Waals surface area contributed by atoms with Crippen LogP contribution < -0.4 is 9.47 Å². The highest BCUT2D eigenvalue weighted by molar-refractivity contribution is 6.29. The lowest BCUT2D eigenvalue weighted by Gasteiger charge is -2.37. The zero-order valence-electron chi connectivity index (χ0n) is 14.5. The molecule has 2 aliphatic rings. The lowest BCUT2D eigenvalue weighted by molar-refractivity contribution is -0.142. The minimum atomic E-state index is -0.664. The Morgan fingerprint density at radius 3 is 2.41 bits per heavy atom. The van der Waals surface area contributed by atoms with Gasteiger partial charge < -0.3 is 19.3 Å². The molecule has 1 saturated heterocycles. The maximum Gasteiger partial charge on any atom is 0.267 e. The lowest BCUT2D eigenvalue weighted by Crippen LogP contribution is -2.55. The standard InChI is InChI=1S/C19H18ClN3O4/c20-17-6-5-13(11-21-17)18(24)22-7-9-23(10-8-22)19(25)16-12-26-14-3-1-2-4-15(14)27-16/h1-6,11,16H,7-10,12H2/t16-/m0/s1. The van der Waals surface area contributed by atoms with Gasteiger partial charge in [-0.2, -0.15) is 0 Å². The number of aromatic nitrogens is 1. The van der Waals surface area contributed by atoms with Gasteiger partial charge in [0.1, 0.15) is 11.8 Å². The van der Waals surface area contributed by atoms with Crippen LogP contribution in [0.3, 0.4) is 0 Å². The number of hydrogen-bond donors (Lipinski definition) is 0. The number of carbonyl (C=O) groups excluding carboxylic acids is 2. The van der Waals surface area contributed by atoms with Gasteiger partial charge in [-0.05, 0) is 24.3 Å². The molecule has 2 amide bonds. The fourth-order valence-electron chi connectivity index (χ4n) is 3.16. The van der Waals surface area contributed by atoms with E-state index in [4.69, 9.17) is 21.1 Å². The number of fused-ring (bicyclic) bond motifs is 1. The Morgan fingerprint density at radius 2 is 1.70 bits per heavy atom. The summed E-state index contributed by atoms with van der Waals surface area (Å²) >= 11 is 5.76. The number of ether oxygens (including phenoxy) is 2. The van der Waals surface area contributed by atoms with Gasteiger partial charge in [0, 0.05) is 32.4 Å². The first kappa shape index (κ1) is 17.6. The molecule has 1 aromatic heterocycles. The molecule has 0 spiro atoms. The summed E-state index contributed by atoms with van der Waals surface area (Å²) in [7, 11) is 0. The Bertz CT molecular complexity index is 850. The van der Waals surface area contributed by atoms with E-state index in [1.54, 1.807) is 28.0 Å². The SMILES string of the molecule is O=C(c1ccc(Cl)nc1)N1CCN(C(=O)[C@@H]2COc3ccccc3O2)CC1. The Kier molecular flexibility index (Phi) is 4.85. The number of rotatable bonds is 2. The van der Waals surface area contributed by atoms with Crippen LogP contribution in [0.2, 0.25) is 5.15 Å². The predicted molar refractivity (Wildman–Crippen MR) is 98.1 cm³/mol. The van der Waals surface area contributed by atoms with Crippen molar-refractivity contribution in [3.63, 3.8) is 0 Å². The molecule has 0 N–H and O–H groups in total. The molecule has 2 aromatic rings. The zero-order valence-corrected chi connectivity index (χ0v) is 15.3. The molecule has 3 heterocycles. The fourth-order valence-corrected chi connectivity index (χ4v) is 3.27. The third kappa shape index (κ3) is 3.68. The van der Waals surface area contributed by atoms with Gasteiger partial charge >= 0.3 is 0 Å². The lowest BCUT2D eigenvalue weighted by atomic mass is 10.2. The van der Waals surface area contributed by atoms with Crippen molar-refractivity contribution in [2.75, 3.05) is 32.8 Å². The number of para-hydroxylation sites is 2. The smallest absolute Gasteiger partial charge is 0.267 e. The summed E-state index contributed by atoms with van der Waals surface area (Å²) in [4.78, 5) is 32.6. The van der Waals surface area contributed by atoms with Crippen molar-refractivity contribution >= 4 is 23.4 Å². The second-order valence-electron chi connectivity index (χ2n) is 6.35. The Labute approximate surface area is 161 Å². The topological polar surface area (TPSA) is 72.0 Å². The van der Waals surface area contributed by atoms with Gasteiger partial charge in [0.25, 0.3) is 11.8 Å². The number of amides is 2. The van der Waals surface area contributed by atoms with Crippen LogP contribution in [-0.2, 0) is 4.79 Å². The van der Waals surface area contributed by atoms with Crippen LogP contribution in [0.15, 0.2) is 42.6 Å². The molecule has 1 aromatic carbocycles. The number of piperazine rings is 1. The molecule has 0 bridgehead atoms. The quantitative estimate of drug-likeness (QED) is 0.735. The van der Waals surface area contributed by atoms with Crippen molar-refractivity contribution in [3.8, 4) is 11.5 Å². The summed E-state index contributed by atoms with van der Waals surface area (Å²) < 4.78 is 11.4. The number of pyridine rings is 1. The summed E-state index contributed by atoms with van der Waals surface area (Å²) in [5.74, 6) is 0.988. The second kappa shape index (κ2) is 7.44. The third-order valence-corrected chi connectivity index (χ3v) is 4.86. The highest BCUT2D eigenvalue weighted by Gasteiger charge is 2.33. The highest BCUT2D eigenvalue weighted by Crippen LogP contribution is 2.31. The summed E-state index contributed by atoms with van der Waals surface area (Å²) in [6.07, 6.45) is 0.801. The number of hydrogen-bond acceptors (Lipinski definition) is 5. The monoisotopic (exact) mass is 387 g/mol. The van der Waals surface area contributed by atoms with Gasteiger partial charge in [-0.1, -0.05) is 23.7 Å². The number of carbonyl (C=O) groups is 2. The molecule has 0 radical (unpaired) electrons. The van der Waals surface area contributed by atoms with Crippen molar-refractivity contribution in [2.45, 2.75) is 6.10 Å². The van der Waals surface area contributed by atoms with E-state index in [0.717, 1.165) is 0 Å². The van der Waals surface area contributed by atoms with E-state index in [1.165, 1.54) is 6.20 Å². The third-order valence-electron chi connectivity index (χ3n) is 4.64. The molecule has 1 atom stereocenters. The number of nitrogens with zero attached hydrogens (tertiary/aromatic N) is 3. The second-order valence-corrected chi connectivity index (χ2v) is 6.74. The highest BCUT2D eigenvalue weighted by atomic mass is 35.5. The molecular weight excluding hydrogens is 370 g/mol. The van der Waals surface area contributed by atoms with Gasteiger partial charge in [0.2, 0.25) is 6.10 Å². The fraction of sp³-hybridized carbons (Fsp3) is 0.316. The minimum Gasteiger partial charge on any atom is -0.485 e. The van der Waals surface area contributed by atoms with Gasteiger partial charge in [0.15, 0.2) is 11.5 Å². The van der Waals surface area contributed by atoms with Crippen LogP contribution in [-0.4, -0.2) is 65.5 Å². The van der Waals surface area contributed by atoms with Crippen LogP contribution in [0, 0.1) is 0 Å². The first-order valence-electron chi connectivity index (χ1n) is 8.70. The summed E-state index contributed by atoms with van der Waals surface area (Å²) in [5, 5.41) is 0.346. The van der Waals surface area contributed by atoms with Crippen molar-refractivity contribution < 1.29 is 19.1 Å². The molecule has 27 heavy (non-hydrogen) atoms. The minimum absolute atomic E-state index is 0.113. The zero-order chi connectivity index (χ0) is 18.8. The van der Waals surface area contributed by atoms with Crippen LogP contribution in [0.1, 0.15) is 10.4 Å². The van der Waals surface area contributed by atoms with E-state index in [9.17, 15) is 9.59 Å². The van der Waals surface area contributed by atoms with E-state index in [0.29, 0.717) is 48.4 Å². The van der Waals surface area contributed by atoms with Crippen LogP contribution >= 0.6 is 11.6 Å². The molecule has 0 saturated carbocycles. The largest absolute Gasteiger partial charge is 0.485 e. The van der Waals surface area contributed by atoms with Crippen molar-refractivity contribution in [1.29, 1.82) is 0 Å². The Hall–Kier alpha value is -2.80. The van der Waals surface area contributed by atoms with Gasteiger partial charge in [-0.15, -0.1) is 0 Å². The first-order valence-corrected chi connectivity index (χ1v) is 9.08. The molecular formula is C19H18ClN3O4.